The van der Waals surface area contributed by atoms with E-state index in [0.29, 0.717) is 12.6 Å². The van der Waals surface area contributed by atoms with Crippen LogP contribution in [0.3, 0.4) is 0 Å². The maximum absolute atomic E-state index is 9.33. The first-order valence-corrected chi connectivity index (χ1v) is 7.18. The molecule has 98 valence electrons. The number of benzene rings is 1. The fraction of sp³-hybridized carbons (Fsp3) is 0.625. The topological polar surface area (TPSA) is 32.3 Å². The highest BCUT2D eigenvalue weighted by Gasteiger charge is 2.41. The van der Waals surface area contributed by atoms with Crippen LogP contribution in [0, 0.1) is 5.41 Å². The first-order chi connectivity index (χ1) is 8.72. The third kappa shape index (κ3) is 2.32. The van der Waals surface area contributed by atoms with Crippen LogP contribution in [0.25, 0.3) is 0 Å². The van der Waals surface area contributed by atoms with Crippen molar-refractivity contribution in [1.29, 1.82) is 0 Å². The van der Waals surface area contributed by atoms with Crippen LogP contribution in [0.5, 0.6) is 0 Å². The second-order valence-electron chi connectivity index (χ2n) is 6.14. The molecule has 1 aromatic rings. The quantitative estimate of drug-likeness (QED) is 0.835. The summed E-state index contributed by atoms with van der Waals surface area (Å²) in [5.41, 5.74) is 4.68. The molecule has 0 aromatic heterocycles. The van der Waals surface area contributed by atoms with Gasteiger partial charge in [0.25, 0.3) is 0 Å². The Hall–Kier alpha value is -0.860. The molecule has 0 saturated heterocycles. The average Bonchev–Trinajstić information content (AvgIpc) is 3.04. The lowest BCUT2D eigenvalue weighted by Gasteiger charge is -2.19. The van der Waals surface area contributed by atoms with Crippen LogP contribution >= 0.6 is 0 Å². The standard InChI is InChI=1S/C16H23NO/c1-12(17-10-16(11-18)7-8-16)14-6-5-13-3-2-4-15(13)9-14/h5-6,9,12,17-18H,2-4,7-8,10-11H2,1H3. The minimum Gasteiger partial charge on any atom is -0.396 e. The van der Waals surface area contributed by atoms with Crippen molar-refractivity contribution in [3.8, 4) is 0 Å². The van der Waals surface area contributed by atoms with Gasteiger partial charge in [0, 0.05) is 24.6 Å². The molecule has 2 aliphatic rings. The summed E-state index contributed by atoms with van der Waals surface area (Å²) in [4.78, 5) is 0. The second kappa shape index (κ2) is 4.67. The van der Waals surface area contributed by atoms with Crippen LogP contribution in [0.2, 0.25) is 0 Å². The van der Waals surface area contributed by atoms with E-state index in [9.17, 15) is 5.11 Å². The van der Waals surface area contributed by atoms with Crippen molar-refractivity contribution in [2.45, 2.75) is 45.1 Å². The number of hydrogen-bond acceptors (Lipinski definition) is 2. The van der Waals surface area contributed by atoms with Gasteiger partial charge in [-0.3, -0.25) is 0 Å². The summed E-state index contributed by atoms with van der Waals surface area (Å²) in [6.07, 6.45) is 6.16. The summed E-state index contributed by atoms with van der Waals surface area (Å²) in [6.45, 7) is 3.50. The number of hydrogen-bond donors (Lipinski definition) is 2. The van der Waals surface area contributed by atoms with E-state index >= 15 is 0 Å². The number of aliphatic hydroxyl groups is 1. The van der Waals surface area contributed by atoms with Gasteiger partial charge in [0.15, 0.2) is 0 Å². The van der Waals surface area contributed by atoms with Gasteiger partial charge in [-0.15, -0.1) is 0 Å². The van der Waals surface area contributed by atoms with Crippen molar-refractivity contribution in [2.24, 2.45) is 5.41 Å². The van der Waals surface area contributed by atoms with Gasteiger partial charge in [0.05, 0.1) is 0 Å². The lowest BCUT2D eigenvalue weighted by Crippen LogP contribution is -2.28. The van der Waals surface area contributed by atoms with E-state index in [0.717, 1.165) is 6.54 Å². The zero-order chi connectivity index (χ0) is 12.6. The molecule has 1 fully saturated rings. The molecule has 2 N–H and O–H groups in total. The fourth-order valence-corrected chi connectivity index (χ4v) is 2.92. The Balaban J connectivity index is 1.63. The SMILES string of the molecule is CC(NCC1(CO)CC1)c1ccc2c(c1)CCC2. The maximum atomic E-state index is 9.33. The molecule has 1 atom stereocenters. The predicted molar refractivity (Wildman–Crippen MR) is 73.6 cm³/mol. The van der Waals surface area contributed by atoms with E-state index in [1.54, 1.807) is 11.1 Å². The molecule has 1 saturated carbocycles. The lowest BCUT2D eigenvalue weighted by atomic mass is 10.0. The summed E-state index contributed by atoms with van der Waals surface area (Å²) >= 11 is 0. The van der Waals surface area contributed by atoms with E-state index < -0.39 is 0 Å². The van der Waals surface area contributed by atoms with Crippen LogP contribution in [-0.4, -0.2) is 18.3 Å². The molecule has 0 spiro atoms. The third-order valence-corrected chi connectivity index (χ3v) is 4.70. The van der Waals surface area contributed by atoms with Crippen molar-refractivity contribution in [1.82, 2.24) is 5.32 Å². The first-order valence-electron chi connectivity index (χ1n) is 7.18. The van der Waals surface area contributed by atoms with Gasteiger partial charge in [-0.2, -0.15) is 0 Å². The van der Waals surface area contributed by atoms with Crippen molar-refractivity contribution in [2.75, 3.05) is 13.2 Å². The van der Waals surface area contributed by atoms with E-state index in [1.807, 2.05) is 0 Å². The molecule has 0 radical (unpaired) electrons. The summed E-state index contributed by atoms with van der Waals surface area (Å²) in [5, 5.41) is 12.9. The van der Waals surface area contributed by atoms with Crippen molar-refractivity contribution in [3.63, 3.8) is 0 Å². The Morgan fingerprint density at radius 2 is 2.06 bits per heavy atom. The van der Waals surface area contributed by atoms with Gasteiger partial charge < -0.3 is 10.4 Å². The minimum absolute atomic E-state index is 0.199. The van der Waals surface area contributed by atoms with Crippen molar-refractivity contribution >= 4 is 0 Å². The van der Waals surface area contributed by atoms with Crippen molar-refractivity contribution < 1.29 is 5.11 Å². The number of aliphatic hydroxyl groups excluding tert-OH is 1. The molecule has 2 nitrogen and oxygen atoms in total. The molecule has 18 heavy (non-hydrogen) atoms. The van der Waals surface area contributed by atoms with Crippen LogP contribution in [0.4, 0.5) is 0 Å². The molecule has 2 aliphatic carbocycles. The smallest absolute Gasteiger partial charge is 0.0499 e. The Labute approximate surface area is 109 Å². The number of rotatable bonds is 5. The summed E-state index contributed by atoms with van der Waals surface area (Å²) < 4.78 is 0. The van der Waals surface area contributed by atoms with Crippen LogP contribution in [0.1, 0.15) is 48.9 Å². The zero-order valence-electron chi connectivity index (χ0n) is 11.2. The Bertz CT molecular complexity index is 437. The number of fused-ring (bicyclic) bond motifs is 1. The summed E-state index contributed by atoms with van der Waals surface area (Å²) in [7, 11) is 0. The minimum atomic E-state index is 0.199. The molecule has 0 amide bonds. The normalized spacial score (nSPS) is 21.7. The van der Waals surface area contributed by atoms with Gasteiger partial charge >= 0.3 is 0 Å². The molecule has 2 heteroatoms. The largest absolute Gasteiger partial charge is 0.396 e. The average molecular weight is 245 g/mol. The number of aryl methyl sites for hydroxylation is 2. The number of nitrogens with one attached hydrogen (secondary N) is 1. The summed E-state index contributed by atoms with van der Waals surface area (Å²) in [5.74, 6) is 0. The predicted octanol–water partition coefficient (Wildman–Crippen LogP) is 2.60. The highest BCUT2D eigenvalue weighted by molar-refractivity contribution is 5.36. The van der Waals surface area contributed by atoms with Crippen molar-refractivity contribution in [3.05, 3.63) is 34.9 Å². The Morgan fingerprint density at radius 1 is 1.28 bits per heavy atom. The summed E-state index contributed by atoms with van der Waals surface area (Å²) in [6, 6.07) is 7.33. The fourth-order valence-electron chi connectivity index (χ4n) is 2.92. The van der Waals surface area contributed by atoms with Crippen LogP contribution in [0.15, 0.2) is 18.2 Å². The Kier molecular flexibility index (Phi) is 3.16. The zero-order valence-corrected chi connectivity index (χ0v) is 11.2. The molecule has 0 aliphatic heterocycles. The highest BCUT2D eigenvalue weighted by Crippen LogP contribution is 2.44. The van der Waals surface area contributed by atoms with Gasteiger partial charge in [0.1, 0.15) is 0 Å². The van der Waals surface area contributed by atoms with E-state index in [1.165, 1.54) is 37.7 Å². The van der Waals surface area contributed by atoms with E-state index in [4.69, 9.17) is 0 Å². The highest BCUT2D eigenvalue weighted by atomic mass is 16.3. The van der Waals surface area contributed by atoms with Crippen LogP contribution in [-0.2, 0) is 12.8 Å². The van der Waals surface area contributed by atoms with Gasteiger partial charge in [-0.05, 0) is 55.7 Å². The van der Waals surface area contributed by atoms with Gasteiger partial charge in [0.2, 0.25) is 0 Å². The molecule has 0 heterocycles. The molecule has 0 bridgehead atoms. The van der Waals surface area contributed by atoms with E-state index in [-0.39, 0.29) is 5.41 Å². The second-order valence-corrected chi connectivity index (χ2v) is 6.14. The van der Waals surface area contributed by atoms with Gasteiger partial charge in [-0.25, -0.2) is 0 Å². The molecular formula is C16H23NO. The maximum Gasteiger partial charge on any atom is 0.0499 e. The third-order valence-electron chi connectivity index (χ3n) is 4.70. The molecule has 1 unspecified atom stereocenters. The monoisotopic (exact) mass is 245 g/mol. The first kappa shape index (κ1) is 12.2. The van der Waals surface area contributed by atoms with Gasteiger partial charge in [-0.1, -0.05) is 18.2 Å². The lowest BCUT2D eigenvalue weighted by molar-refractivity contribution is 0.204. The molecule has 3 rings (SSSR count). The van der Waals surface area contributed by atoms with Crippen LogP contribution < -0.4 is 5.32 Å². The molecular weight excluding hydrogens is 222 g/mol. The van der Waals surface area contributed by atoms with E-state index in [2.05, 4.69) is 30.4 Å². The Morgan fingerprint density at radius 3 is 2.78 bits per heavy atom. The molecule has 1 aromatic carbocycles.